The minimum atomic E-state index is -1.07. The van der Waals surface area contributed by atoms with Crippen LogP contribution in [0.5, 0.6) is 5.75 Å². The van der Waals surface area contributed by atoms with Crippen LogP contribution in [0.4, 0.5) is 0 Å². The zero-order valence-corrected chi connectivity index (χ0v) is 19.8. The number of furan rings is 1. The van der Waals surface area contributed by atoms with Gasteiger partial charge in [-0.1, -0.05) is 29.3 Å². The van der Waals surface area contributed by atoms with Crippen LogP contribution in [0, 0.1) is 0 Å². The minimum absolute atomic E-state index is 0.0865. The molecule has 1 unspecified atom stereocenters. The molecule has 7 nitrogen and oxygen atoms in total. The van der Waals surface area contributed by atoms with E-state index < -0.39 is 23.8 Å². The largest absolute Gasteiger partial charge is 0.489 e. The van der Waals surface area contributed by atoms with E-state index in [9.17, 15) is 14.7 Å². The lowest BCUT2D eigenvalue weighted by atomic mass is 10.00. The van der Waals surface area contributed by atoms with E-state index in [4.69, 9.17) is 32.4 Å². The Hall–Kier alpha value is -2.58. The van der Waals surface area contributed by atoms with Crippen LogP contribution in [-0.2, 0) is 4.79 Å². The molecule has 1 aliphatic heterocycles. The summed E-state index contributed by atoms with van der Waals surface area (Å²) in [5.41, 5.74) is 0.991. The molecule has 178 valence electrons. The highest BCUT2D eigenvalue weighted by atomic mass is 35.5. The van der Waals surface area contributed by atoms with Crippen LogP contribution in [-0.4, -0.2) is 53.5 Å². The first kappa shape index (κ1) is 23.2. The van der Waals surface area contributed by atoms with Gasteiger partial charge in [-0.25, -0.2) is 0 Å². The van der Waals surface area contributed by atoms with Crippen LogP contribution in [0.1, 0.15) is 41.5 Å². The van der Waals surface area contributed by atoms with Gasteiger partial charge >= 0.3 is 0 Å². The monoisotopic (exact) mass is 502 g/mol. The van der Waals surface area contributed by atoms with Gasteiger partial charge in [0.05, 0.1) is 17.2 Å². The summed E-state index contributed by atoms with van der Waals surface area (Å²) in [6.07, 6.45) is 2.20. The predicted octanol–water partition coefficient (Wildman–Crippen LogP) is 4.39. The summed E-state index contributed by atoms with van der Waals surface area (Å²) < 4.78 is 11.3. The maximum absolute atomic E-state index is 12.8. The Morgan fingerprint density at radius 3 is 2.62 bits per heavy atom. The molecule has 5 rings (SSSR count). The fraction of sp³-hybridized carbons (Fsp3) is 0.360. The fourth-order valence-electron chi connectivity index (χ4n) is 3.93. The summed E-state index contributed by atoms with van der Waals surface area (Å²) in [7, 11) is 0. The van der Waals surface area contributed by atoms with E-state index in [1.807, 2.05) is 0 Å². The average Bonchev–Trinajstić information content (AvgIpc) is 3.51. The number of fused-ring (bicyclic) bond motifs is 1. The number of hydrogen-bond donors (Lipinski definition) is 2. The molecule has 1 aromatic heterocycles. The molecule has 9 heteroatoms. The first-order valence-corrected chi connectivity index (χ1v) is 12.0. The van der Waals surface area contributed by atoms with Crippen LogP contribution >= 0.6 is 23.2 Å². The third-order valence-corrected chi connectivity index (χ3v) is 6.66. The van der Waals surface area contributed by atoms with E-state index in [0.29, 0.717) is 38.9 Å². The number of carbonyl (C=O) groups is 2. The molecular formula is C25H24Cl2N2O5. The Morgan fingerprint density at radius 2 is 1.94 bits per heavy atom. The predicted molar refractivity (Wildman–Crippen MR) is 129 cm³/mol. The maximum Gasteiger partial charge on any atom is 0.296 e. The molecule has 2 N–H and O–H groups in total. The summed E-state index contributed by atoms with van der Waals surface area (Å²) in [5.74, 6) is -1.19. The number of halogens is 2. The number of benzene rings is 2. The topological polar surface area (TPSA) is 92.0 Å². The number of rotatable bonds is 9. The number of likely N-dealkylation sites (tertiary alicyclic amines) is 1. The summed E-state index contributed by atoms with van der Waals surface area (Å²) >= 11 is 12.4. The van der Waals surface area contributed by atoms with Crippen LogP contribution in [0.2, 0.25) is 10.0 Å². The summed E-state index contributed by atoms with van der Waals surface area (Å²) in [6, 6.07) is 10.8. The Balaban J connectivity index is 1.32. The molecule has 1 saturated carbocycles. The molecule has 1 amide bonds. The number of hydrogen-bond acceptors (Lipinski definition) is 6. The second-order valence-corrected chi connectivity index (χ2v) is 9.65. The Labute approximate surface area is 206 Å². The first-order valence-electron chi connectivity index (χ1n) is 11.3. The third-order valence-electron chi connectivity index (χ3n) is 6.13. The quantitative estimate of drug-likeness (QED) is 0.333. The summed E-state index contributed by atoms with van der Waals surface area (Å²) in [4.78, 5) is 27.8. The van der Waals surface area contributed by atoms with Gasteiger partial charge in [0.1, 0.15) is 17.4 Å². The summed E-state index contributed by atoms with van der Waals surface area (Å²) in [6.45, 7) is 2.13. The van der Waals surface area contributed by atoms with Crippen LogP contribution in [0.15, 0.2) is 46.9 Å². The molecule has 2 fully saturated rings. The number of Topliss-reactive ketones (excluding diaryl/α,β-unsaturated/α-hetero) is 1. The van der Waals surface area contributed by atoms with Crippen LogP contribution < -0.4 is 10.1 Å². The zero-order chi connectivity index (χ0) is 23.8. The van der Waals surface area contributed by atoms with E-state index in [0.717, 1.165) is 32.4 Å². The standard InChI is InChI=1S/C25H24Cl2N2O5/c26-16-3-7-20-15(10-16)12-22(34-20)24(31)25(32)28-19(13-29-8-1-9-29)23(30)14-2-6-21(18(27)11-14)33-17-4-5-17/h2-3,6-7,10-12,17,19,23,30H,1,4-5,8-9,13H2,(H,28,32)/t19?,23-/m1/s1. The minimum Gasteiger partial charge on any atom is -0.489 e. The van der Waals surface area contributed by atoms with E-state index in [1.54, 1.807) is 36.4 Å². The average molecular weight is 503 g/mol. The smallest absolute Gasteiger partial charge is 0.296 e. The zero-order valence-electron chi connectivity index (χ0n) is 18.3. The van der Waals surface area contributed by atoms with Gasteiger partial charge < -0.3 is 24.5 Å². The SMILES string of the molecule is O=C(NC(CN1CCC1)[C@H](O)c1ccc(OC2CC2)c(Cl)c1)C(=O)c1cc2cc(Cl)ccc2o1. The molecule has 0 radical (unpaired) electrons. The van der Waals surface area contributed by atoms with Crippen molar-refractivity contribution >= 4 is 45.9 Å². The van der Waals surface area contributed by atoms with Gasteiger partial charge in [-0.3, -0.25) is 9.59 Å². The number of ether oxygens (including phenoxy) is 1. The van der Waals surface area contributed by atoms with Gasteiger partial charge in [0.2, 0.25) is 0 Å². The number of amides is 1. The Bertz CT molecular complexity index is 1240. The molecule has 1 saturated heterocycles. The highest BCUT2D eigenvalue weighted by molar-refractivity contribution is 6.42. The normalized spacial score (nSPS) is 17.7. The first-order chi connectivity index (χ1) is 16.4. The molecular weight excluding hydrogens is 479 g/mol. The number of ketones is 1. The molecule has 0 spiro atoms. The number of aliphatic hydroxyl groups excluding tert-OH is 1. The van der Waals surface area contributed by atoms with E-state index in [2.05, 4.69) is 10.2 Å². The van der Waals surface area contributed by atoms with Crippen molar-refractivity contribution in [1.82, 2.24) is 10.2 Å². The highest BCUT2D eigenvalue weighted by Crippen LogP contribution is 2.34. The molecule has 1 aliphatic carbocycles. The van der Waals surface area contributed by atoms with Gasteiger partial charge in [0.15, 0.2) is 5.76 Å². The number of nitrogens with zero attached hydrogens (tertiary/aromatic N) is 1. The van der Waals surface area contributed by atoms with Gasteiger partial charge in [-0.05, 0) is 74.3 Å². The molecule has 2 aliphatic rings. The fourth-order valence-corrected chi connectivity index (χ4v) is 4.35. The van der Waals surface area contributed by atoms with Crippen molar-refractivity contribution in [2.24, 2.45) is 0 Å². The molecule has 2 aromatic carbocycles. The van der Waals surface area contributed by atoms with Crippen molar-refractivity contribution in [3.05, 3.63) is 63.8 Å². The number of aliphatic hydroxyl groups is 1. The molecule has 34 heavy (non-hydrogen) atoms. The van der Waals surface area contributed by atoms with Crippen molar-refractivity contribution in [3.8, 4) is 5.75 Å². The Kier molecular flexibility index (Phi) is 6.53. The van der Waals surface area contributed by atoms with Crippen LogP contribution in [0.3, 0.4) is 0 Å². The van der Waals surface area contributed by atoms with E-state index in [-0.39, 0.29) is 11.9 Å². The van der Waals surface area contributed by atoms with Crippen molar-refractivity contribution in [3.63, 3.8) is 0 Å². The second kappa shape index (κ2) is 9.58. The van der Waals surface area contributed by atoms with E-state index in [1.165, 1.54) is 6.07 Å². The lowest BCUT2D eigenvalue weighted by Crippen LogP contribution is -2.52. The molecule has 0 bridgehead atoms. The van der Waals surface area contributed by atoms with Gasteiger partial charge in [0, 0.05) is 17.0 Å². The molecule has 3 aromatic rings. The number of carbonyl (C=O) groups excluding carboxylic acids is 2. The van der Waals surface area contributed by atoms with E-state index >= 15 is 0 Å². The van der Waals surface area contributed by atoms with Crippen molar-refractivity contribution in [2.45, 2.75) is 37.5 Å². The highest BCUT2D eigenvalue weighted by Gasteiger charge is 2.31. The van der Waals surface area contributed by atoms with Crippen molar-refractivity contribution in [1.29, 1.82) is 0 Å². The number of nitrogens with one attached hydrogen (secondary N) is 1. The maximum atomic E-state index is 12.8. The lowest BCUT2D eigenvalue weighted by molar-refractivity contribution is -0.119. The molecule has 2 heterocycles. The van der Waals surface area contributed by atoms with Crippen molar-refractivity contribution in [2.75, 3.05) is 19.6 Å². The summed E-state index contributed by atoms with van der Waals surface area (Å²) in [5, 5.41) is 15.3. The Morgan fingerprint density at radius 1 is 1.15 bits per heavy atom. The van der Waals surface area contributed by atoms with Gasteiger partial charge in [-0.15, -0.1) is 0 Å². The van der Waals surface area contributed by atoms with Gasteiger partial charge in [-0.2, -0.15) is 0 Å². The van der Waals surface area contributed by atoms with Crippen LogP contribution in [0.25, 0.3) is 11.0 Å². The second-order valence-electron chi connectivity index (χ2n) is 8.81. The third kappa shape index (κ3) is 5.08. The molecule has 2 atom stereocenters. The lowest BCUT2D eigenvalue weighted by Gasteiger charge is -2.36. The van der Waals surface area contributed by atoms with Gasteiger partial charge in [0.25, 0.3) is 11.7 Å². The van der Waals surface area contributed by atoms with Crippen molar-refractivity contribution < 1.29 is 23.8 Å².